The standard InChI is InChI=1S/C21H18N2O/c1-13-4-7-16(8-5-13)20-11-18(19(12-22)21(24)23-20)17-9-6-14(2)15(3)10-17/h4-11H,1-3H3,(H,23,24). The van der Waals surface area contributed by atoms with Crippen LogP contribution in [0.4, 0.5) is 0 Å². The number of aryl methyl sites for hydroxylation is 3. The maximum Gasteiger partial charge on any atom is 0.266 e. The van der Waals surface area contributed by atoms with E-state index in [2.05, 4.69) is 4.98 Å². The van der Waals surface area contributed by atoms with E-state index in [0.717, 1.165) is 22.3 Å². The zero-order valence-electron chi connectivity index (χ0n) is 14.0. The first-order chi connectivity index (χ1) is 11.5. The summed E-state index contributed by atoms with van der Waals surface area (Å²) in [7, 11) is 0. The number of nitrogens with one attached hydrogen (secondary N) is 1. The van der Waals surface area contributed by atoms with Crippen LogP contribution in [0.25, 0.3) is 22.4 Å². The van der Waals surface area contributed by atoms with Crippen LogP contribution in [-0.2, 0) is 0 Å². The summed E-state index contributed by atoms with van der Waals surface area (Å²) in [5.74, 6) is 0. The zero-order valence-corrected chi connectivity index (χ0v) is 14.0. The van der Waals surface area contributed by atoms with Gasteiger partial charge in [-0.15, -0.1) is 0 Å². The maximum absolute atomic E-state index is 12.4. The summed E-state index contributed by atoms with van der Waals surface area (Å²) in [5, 5.41) is 9.41. The van der Waals surface area contributed by atoms with Crippen molar-refractivity contribution < 1.29 is 0 Å². The third-order valence-electron chi connectivity index (χ3n) is 4.33. The van der Waals surface area contributed by atoms with E-state index in [1.165, 1.54) is 5.56 Å². The van der Waals surface area contributed by atoms with Crippen LogP contribution in [0.5, 0.6) is 0 Å². The number of H-pyrrole nitrogens is 1. The second-order valence-electron chi connectivity index (χ2n) is 6.08. The number of benzene rings is 2. The lowest BCUT2D eigenvalue weighted by Crippen LogP contribution is -2.12. The molecule has 0 fully saturated rings. The molecule has 0 aliphatic carbocycles. The second-order valence-corrected chi connectivity index (χ2v) is 6.08. The predicted molar refractivity (Wildman–Crippen MR) is 96.9 cm³/mol. The largest absolute Gasteiger partial charge is 0.321 e. The molecule has 0 radical (unpaired) electrons. The minimum absolute atomic E-state index is 0.147. The molecule has 1 aromatic heterocycles. The number of hydrogen-bond donors (Lipinski definition) is 1. The van der Waals surface area contributed by atoms with Crippen LogP contribution < -0.4 is 5.56 Å². The summed E-state index contributed by atoms with van der Waals surface area (Å²) in [5.41, 5.74) is 6.45. The van der Waals surface area contributed by atoms with Crippen LogP contribution in [0, 0.1) is 32.1 Å². The van der Waals surface area contributed by atoms with Crippen molar-refractivity contribution in [3.05, 3.63) is 81.1 Å². The van der Waals surface area contributed by atoms with Gasteiger partial charge in [-0.3, -0.25) is 4.79 Å². The van der Waals surface area contributed by atoms with Gasteiger partial charge < -0.3 is 4.98 Å². The van der Waals surface area contributed by atoms with E-state index in [0.29, 0.717) is 11.3 Å². The summed E-state index contributed by atoms with van der Waals surface area (Å²) in [6.45, 7) is 6.09. The number of aromatic amines is 1. The van der Waals surface area contributed by atoms with E-state index >= 15 is 0 Å². The highest BCUT2D eigenvalue weighted by Gasteiger charge is 2.13. The van der Waals surface area contributed by atoms with Crippen LogP contribution in [0.3, 0.4) is 0 Å². The van der Waals surface area contributed by atoms with E-state index in [9.17, 15) is 10.1 Å². The molecule has 3 rings (SSSR count). The van der Waals surface area contributed by atoms with E-state index in [4.69, 9.17) is 0 Å². The normalized spacial score (nSPS) is 10.4. The summed E-state index contributed by atoms with van der Waals surface area (Å²) in [6.07, 6.45) is 0. The van der Waals surface area contributed by atoms with E-state index < -0.39 is 0 Å². The van der Waals surface area contributed by atoms with Gasteiger partial charge in [0.15, 0.2) is 0 Å². The van der Waals surface area contributed by atoms with Crippen molar-refractivity contribution in [3.8, 4) is 28.5 Å². The average Bonchev–Trinajstić information content (AvgIpc) is 2.57. The first-order valence-corrected chi connectivity index (χ1v) is 7.81. The molecule has 0 spiro atoms. The molecule has 1 heterocycles. The van der Waals surface area contributed by atoms with Gasteiger partial charge in [-0.05, 0) is 49.1 Å². The zero-order chi connectivity index (χ0) is 17.3. The molecule has 2 aromatic carbocycles. The van der Waals surface area contributed by atoms with Gasteiger partial charge in [-0.25, -0.2) is 0 Å². The average molecular weight is 314 g/mol. The van der Waals surface area contributed by atoms with Gasteiger partial charge in [0.1, 0.15) is 11.6 Å². The maximum atomic E-state index is 12.4. The first-order valence-electron chi connectivity index (χ1n) is 7.81. The molecule has 0 atom stereocenters. The molecule has 0 saturated carbocycles. The topological polar surface area (TPSA) is 56.6 Å². The highest BCUT2D eigenvalue weighted by molar-refractivity contribution is 5.75. The Kier molecular flexibility index (Phi) is 4.05. The van der Waals surface area contributed by atoms with E-state index in [1.54, 1.807) is 0 Å². The lowest BCUT2D eigenvalue weighted by atomic mass is 9.96. The summed E-state index contributed by atoms with van der Waals surface area (Å²) in [4.78, 5) is 15.2. The summed E-state index contributed by atoms with van der Waals surface area (Å²) < 4.78 is 0. The van der Waals surface area contributed by atoms with Crippen molar-refractivity contribution in [2.75, 3.05) is 0 Å². The monoisotopic (exact) mass is 314 g/mol. The minimum atomic E-state index is -0.358. The number of pyridine rings is 1. The molecule has 3 heteroatoms. The van der Waals surface area contributed by atoms with Crippen LogP contribution in [0.15, 0.2) is 53.3 Å². The van der Waals surface area contributed by atoms with Crippen molar-refractivity contribution in [2.24, 2.45) is 0 Å². The molecule has 0 unspecified atom stereocenters. The quantitative estimate of drug-likeness (QED) is 0.757. The van der Waals surface area contributed by atoms with Crippen LogP contribution >= 0.6 is 0 Å². The molecule has 0 aliphatic rings. The van der Waals surface area contributed by atoms with Crippen molar-refractivity contribution in [1.82, 2.24) is 4.98 Å². The van der Waals surface area contributed by atoms with Crippen molar-refractivity contribution in [2.45, 2.75) is 20.8 Å². The van der Waals surface area contributed by atoms with E-state index in [1.807, 2.05) is 75.4 Å². The lowest BCUT2D eigenvalue weighted by Gasteiger charge is -2.10. The fourth-order valence-electron chi connectivity index (χ4n) is 2.70. The number of hydrogen-bond acceptors (Lipinski definition) is 2. The Morgan fingerprint density at radius 2 is 1.54 bits per heavy atom. The highest BCUT2D eigenvalue weighted by Crippen LogP contribution is 2.27. The van der Waals surface area contributed by atoms with E-state index in [-0.39, 0.29) is 11.1 Å². The van der Waals surface area contributed by atoms with Gasteiger partial charge in [0, 0.05) is 11.3 Å². The molecule has 0 aliphatic heterocycles. The highest BCUT2D eigenvalue weighted by atomic mass is 16.1. The lowest BCUT2D eigenvalue weighted by molar-refractivity contribution is 1.21. The molecule has 3 nitrogen and oxygen atoms in total. The Labute approximate surface area is 141 Å². The molecule has 0 saturated heterocycles. The van der Waals surface area contributed by atoms with Gasteiger partial charge in [0.25, 0.3) is 5.56 Å². The van der Waals surface area contributed by atoms with Gasteiger partial charge in [-0.1, -0.05) is 48.0 Å². The van der Waals surface area contributed by atoms with Gasteiger partial charge in [0.05, 0.1) is 0 Å². The third-order valence-corrected chi connectivity index (χ3v) is 4.33. The molecule has 1 N–H and O–H groups in total. The smallest absolute Gasteiger partial charge is 0.266 e. The number of rotatable bonds is 2. The molecule has 24 heavy (non-hydrogen) atoms. The molecular weight excluding hydrogens is 296 g/mol. The Hall–Kier alpha value is -3.12. The molecular formula is C21H18N2O. The predicted octanol–water partition coefficient (Wildman–Crippen LogP) is 4.51. The summed E-state index contributed by atoms with van der Waals surface area (Å²) in [6, 6.07) is 17.9. The minimum Gasteiger partial charge on any atom is -0.321 e. The van der Waals surface area contributed by atoms with Crippen LogP contribution in [0.1, 0.15) is 22.3 Å². The molecule has 0 amide bonds. The van der Waals surface area contributed by atoms with Crippen molar-refractivity contribution in [1.29, 1.82) is 5.26 Å². The SMILES string of the molecule is Cc1ccc(-c2cc(-c3ccc(C)c(C)c3)c(C#N)c(=O)[nH]2)cc1. The molecule has 0 bridgehead atoms. The summed E-state index contributed by atoms with van der Waals surface area (Å²) >= 11 is 0. The number of aromatic nitrogens is 1. The number of nitriles is 1. The Morgan fingerprint density at radius 1 is 0.875 bits per heavy atom. The van der Waals surface area contributed by atoms with Crippen LogP contribution in [0.2, 0.25) is 0 Å². The van der Waals surface area contributed by atoms with Crippen molar-refractivity contribution >= 4 is 0 Å². The van der Waals surface area contributed by atoms with Crippen LogP contribution in [-0.4, -0.2) is 4.98 Å². The molecule has 3 aromatic rings. The van der Waals surface area contributed by atoms with Gasteiger partial charge in [-0.2, -0.15) is 5.26 Å². The fraction of sp³-hybridized carbons (Fsp3) is 0.143. The van der Waals surface area contributed by atoms with Crippen molar-refractivity contribution in [3.63, 3.8) is 0 Å². The van der Waals surface area contributed by atoms with Gasteiger partial charge >= 0.3 is 0 Å². The second kappa shape index (κ2) is 6.17. The number of nitrogens with zero attached hydrogens (tertiary/aromatic N) is 1. The fourth-order valence-corrected chi connectivity index (χ4v) is 2.70. The Bertz CT molecular complexity index is 1010. The Balaban J connectivity index is 2.24. The van der Waals surface area contributed by atoms with Gasteiger partial charge in [0.2, 0.25) is 0 Å². The molecule has 118 valence electrons. The Morgan fingerprint density at radius 3 is 2.17 bits per heavy atom. The first kappa shape index (κ1) is 15.8. The third kappa shape index (κ3) is 2.87.